The van der Waals surface area contributed by atoms with Crippen LogP contribution in [-0.2, 0) is 5.41 Å². The molecular weight excluding hydrogens is 595 g/mol. The van der Waals surface area contributed by atoms with Gasteiger partial charge < -0.3 is 0 Å². The second-order valence-corrected chi connectivity index (χ2v) is 14.0. The maximum absolute atomic E-state index is 5.56. The van der Waals surface area contributed by atoms with Crippen LogP contribution in [-0.4, -0.2) is 14.5 Å². The molecule has 1 spiro atoms. The van der Waals surface area contributed by atoms with Gasteiger partial charge in [0.1, 0.15) is 0 Å². The Morgan fingerprint density at radius 3 is 2.04 bits per heavy atom. The van der Waals surface area contributed by atoms with Crippen LogP contribution in [0.1, 0.15) is 43.2 Å². The lowest BCUT2D eigenvalue weighted by molar-refractivity contribution is 0.355. The monoisotopic (exact) mass is 627 g/mol. The van der Waals surface area contributed by atoms with Crippen LogP contribution in [0.15, 0.2) is 140 Å². The topological polar surface area (TPSA) is 30.7 Å². The van der Waals surface area contributed by atoms with E-state index in [-0.39, 0.29) is 5.41 Å². The standard InChI is InChI=1S/C46H33N3/c1-12-27-46(28-13-1)37-24-9-6-20-34(37)40-31-18-4-5-19-33(31)44-41(42(40)46)36-22-8-11-26-39(36)49(44)45-47-38-25-10-7-21-35(38)43(48-45)32-23-14-16-29-15-2-3-17-30(29)32/h2-11,14-26H,1,12-13,27-28H2. The molecule has 1 saturated carbocycles. The quantitative estimate of drug-likeness (QED) is 0.191. The second kappa shape index (κ2) is 10.1. The minimum Gasteiger partial charge on any atom is -0.277 e. The summed E-state index contributed by atoms with van der Waals surface area (Å²) in [4.78, 5) is 10.9. The van der Waals surface area contributed by atoms with Gasteiger partial charge in [-0.2, -0.15) is 0 Å². The van der Waals surface area contributed by atoms with Crippen LogP contribution < -0.4 is 0 Å². The smallest absolute Gasteiger partial charge is 0.235 e. The molecule has 0 atom stereocenters. The fourth-order valence-corrected chi connectivity index (χ4v) is 9.61. The van der Waals surface area contributed by atoms with Gasteiger partial charge in [0.05, 0.1) is 22.2 Å². The van der Waals surface area contributed by atoms with Gasteiger partial charge in [0.15, 0.2) is 0 Å². The molecule has 9 aromatic rings. The Kier molecular flexibility index (Phi) is 5.60. The number of hydrogen-bond donors (Lipinski definition) is 0. The predicted octanol–water partition coefficient (Wildman–Crippen LogP) is 11.9. The zero-order chi connectivity index (χ0) is 32.1. The summed E-state index contributed by atoms with van der Waals surface area (Å²) >= 11 is 0. The van der Waals surface area contributed by atoms with Gasteiger partial charge in [-0.05, 0) is 63.4 Å². The van der Waals surface area contributed by atoms with E-state index in [4.69, 9.17) is 9.97 Å². The fraction of sp³-hybridized carbons (Fsp3) is 0.130. The molecule has 0 unspecified atom stereocenters. The first-order valence-electron chi connectivity index (χ1n) is 17.7. The summed E-state index contributed by atoms with van der Waals surface area (Å²) in [6, 6.07) is 50.9. The maximum Gasteiger partial charge on any atom is 0.235 e. The molecule has 0 amide bonds. The van der Waals surface area contributed by atoms with E-state index in [0.29, 0.717) is 5.95 Å². The lowest BCUT2D eigenvalue weighted by Crippen LogP contribution is -2.28. The van der Waals surface area contributed by atoms with Gasteiger partial charge in [0.2, 0.25) is 5.95 Å². The molecule has 2 heterocycles. The SMILES string of the molecule is c1ccc2c(c1)-c1c(c3c4ccccc4n(-c4nc(-c5cccc6ccccc56)c5ccccc5n4)c3c3ccccc13)C21CCCCC1. The summed E-state index contributed by atoms with van der Waals surface area (Å²) in [7, 11) is 0. The van der Waals surface area contributed by atoms with E-state index in [1.54, 1.807) is 0 Å². The van der Waals surface area contributed by atoms with Crippen LogP contribution in [0.25, 0.3) is 82.6 Å². The van der Waals surface area contributed by atoms with Crippen LogP contribution in [0, 0.1) is 0 Å². The van der Waals surface area contributed by atoms with Crippen LogP contribution in [0.2, 0.25) is 0 Å². The van der Waals surface area contributed by atoms with Gasteiger partial charge >= 0.3 is 0 Å². The lowest BCUT2D eigenvalue weighted by atomic mass is 9.66. The van der Waals surface area contributed by atoms with Crippen molar-refractivity contribution in [2.24, 2.45) is 0 Å². The number of aromatic nitrogens is 3. The molecule has 0 radical (unpaired) electrons. The largest absolute Gasteiger partial charge is 0.277 e. The molecule has 2 aromatic heterocycles. The molecule has 0 saturated heterocycles. The molecule has 2 aliphatic rings. The third-order valence-corrected chi connectivity index (χ3v) is 11.6. The van der Waals surface area contributed by atoms with Crippen LogP contribution in [0.4, 0.5) is 0 Å². The summed E-state index contributed by atoms with van der Waals surface area (Å²) in [6.45, 7) is 0. The summed E-state index contributed by atoms with van der Waals surface area (Å²) < 4.78 is 2.38. The van der Waals surface area contributed by atoms with E-state index in [2.05, 4.69) is 144 Å². The van der Waals surface area contributed by atoms with E-state index in [0.717, 1.165) is 27.7 Å². The van der Waals surface area contributed by atoms with Crippen molar-refractivity contribution >= 4 is 54.3 Å². The number of fused-ring (bicyclic) bond motifs is 14. The molecule has 0 N–H and O–H groups in total. The van der Waals surface area contributed by atoms with Crippen molar-refractivity contribution in [3.05, 3.63) is 151 Å². The minimum atomic E-state index is -0.000229. The van der Waals surface area contributed by atoms with E-state index < -0.39 is 0 Å². The molecule has 11 rings (SSSR count). The van der Waals surface area contributed by atoms with E-state index >= 15 is 0 Å². The average Bonchev–Trinajstić information content (AvgIpc) is 3.65. The number of hydrogen-bond acceptors (Lipinski definition) is 2. The fourth-order valence-electron chi connectivity index (χ4n) is 9.61. The molecule has 3 heteroatoms. The van der Waals surface area contributed by atoms with E-state index in [1.807, 2.05) is 0 Å². The highest BCUT2D eigenvalue weighted by Crippen LogP contribution is 2.61. The first-order valence-corrected chi connectivity index (χ1v) is 17.7. The molecule has 0 aliphatic heterocycles. The number of nitrogens with zero attached hydrogens (tertiary/aromatic N) is 3. The number of benzene rings is 7. The van der Waals surface area contributed by atoms with E-state index in [9.17, 15) is 0 Å². The molecule has 3 nitrogen and oxygen atoms in total. The van der Waals surface area contributed by atoms with Crippen molar-refractivity contribution < 1.29 is 0 Å². The first-order chi connectivity index (χ1) is 24.3. The summed E-state index contributed by atoms with van der Waals surface area (Å²) in [5.74, 6) is 0.714. The zero-order valence-electron chi connectivity index (χ0n) is 27.2. The Hall–Kier alpha value is -5.80. The normalized spacial score (nSPS) is 15.1. The van der Waals surface area contributed by atoms with Crippen molar-refractivity contribution in [1.29, 1.82) is 0 Å². The zero-order valence-corrected chi connectivity index (χ0v) is 27.2. The van der Waals surface area contributed by atoms with Crippen molar-refractivity contribution in [1.82, 2.24) is 14.5 Å². The molecule has 0 bridgehead atoms. The predicted molar refractivity (Wildman–Crippen MR) is 204 cm³/mol. The van der Waals surface area contributed by atoms with Crippen molar-refractivity contribution in [2.45, 2.75) is 37.5 Å². The molecule has 1 fully saturated rings. The average molecular weight is 628 g/mol. The molecule has 7 aromatic carbocycles. The Morgan fingerprint density at radius 2 is 1.16 bits per heavy atom. The minimum absolute atomic E-state index is 0.000229. The Bertz CT molecular complexity index is 2810. The number of para-hydroxylation sites is 2. The Labute approximate surface area is 284 Å². The molecule has 2 aliphatic carbocycles. The highest BCUT2D eigenvalue weighted by atomic mass is 15.2. The van der Waals surface area contributed by atoms with Gasteiger partial charge in [-0.1, -0.05) is 147 Å². The maximum atomic E-state index is 5.56. The van der Waals surface area contributed by atoms with Gasteiger partial charge in [0.25, 0.3) is 0 Å². The van der Waals surface area contributed by atoms with Crippen LogP contribution >= 0.6 is 0 Å². The lowest BCUT2D eigenvalue weighted by Gasteiger charge is -2.36. The highest BCUT2D eigenvalue weighted by molar-refractivity contribution is 6.25. The summed E-state index contributed by atoms with van der Waals surface area (Å²) in [5, 5.41) is 8.68. The van der Waals surface area contributed by atoms with Gasteiger partial charge in [0, 0.05) is 32.5 Å². The third-order valence-electron chi connectivity index (χ3n) is 11.6. The van der Waals surface area contributed by atoms with Gasteiger partial charge in [-0.25, -0.2) is 9.97 Å². The Morgan fingerprint density at radius 1 is 0.510 bits per heavy atom. The molecule has 49 heavy (non-hydrogen) atoms. The molecule has 232 valence electrons. The number of rotatable bonds is 2. The van der Waals surface area contributed by atoms with Crippen LogP contribution in [0.3, 0.4) is 0 Å². The third kappa shape index (κ3) is 3.62. The van der Waals surface area contributed by atoms with Gasteiger partial charge in [-0.3, -0.25) is 4.57 Å². The first kappa shape index (κ1) is 27.2. The Balaban J connectivity index is 1.33. The van der Waals surface area contributed by atoms with Crippen LogP contribution in [0.5, 0.6) is 0 Å². The summed E-state index contributed by atoms with van der Waals surface area (Å²) in [6.07, 6.45) is 6.18. The van der Waals surface area contributed by atoms with Crippen molar-refractivity contribution in [3.63, 3.8) is 0 Å². The van der Waals surface area contributed by atoms with E-state index in [1.165, 1.54) is 92.2 Å². The van der Waals surface area contributed by atoms with Crippen molar-refractivity contribution in [2.75, 3.05) is 0 Å². The highest BCUT2D eigenvalue weighted by Gasteiger charge is 2.46. The molecular formula is C46H33N3. The van der Waals surface area contributed by atoms with Gasteiger partial charge in [-0.15, -0.1) is 0 Å². The van der Waals surface area contributed by atoms with Crippen molar-refractivity contribution in [3.8, 4) is 28.3 Å². The second-order valence-electron chi connectivity index (χ2n) is 14.0. The summed E-state index contributed by atoms with van der Waals surface area (Å²) in [5.41, 5.74) is 11.3.